The van der Waals surface area contributed by atoms with E-state index in [9.17, 15) is 4.39 Å². The van der Waals surface area contributed by atoms with Crippen LogP contribution < -0.4 is 15.5 Å². The van der Waals surface area contributed by atoms with Gasteiger partial charge in [0.1, 0.15) is 5.82 Å². The Bertz CT molecular complexity index is 580. The molecule has 1 saturated heterocycles. The molecule has 1 aromatic carbocycles. The average Bonchev–Trinajstić information content (AvgIpc) is 2.64. The standard InChI is InChI=1S/C20H34FN5/c1-5-25-10-12-26(13-11-25)19-7-6-17(14-18(19)21)15-24-20(22-4)23-9-8-16(2)3/h6-7,14,16H,5,8-13,15H2,1-4H3,(H2,22,23,24). The molecule has 5 nitrogen and oxygen atoms in total. The van der Waals surface area contributed by atoms with Gasteiger partial charge in [-0.25, -0.2) is 4.39 Å². The Hall–Kier alpha value is -1.82. The van der Waals surface area contributed by atoms with Gasteiger partial charge >= 0.3 is 0 Å². The second-order valence-electron chi connectivity index (χ2n) is 7.24. The molecule has 26 heavy (non-hydrogen) atoms. The van der Waals surface area contributed by atoms with Crippen molar-refractivity contribution in [2.75, 3.05) is 51.2 Å². The molecular formula is C20H34FN5. The van der Waals surface area contributed by atoms with E-state index >= 15 is 0 Å². The fourth-order valence-corrected chi connectivity index (χ4v) is 3.11. The highest BCUT2D eigenvalue weighted by Gasteiger charge is 2.18. The largest absolute Gasteiger partial charge is 0.367 e. The molecule has 0 amide bonds. The molecule has 0 unspecified atom stereocenters. The number of rotatable bonds is 7. The van der Waals surface area contributed by atoms with Crippen LogP contribution in [0.1, 0.15) is 32.8 Å². The first-order chi connectivity index (χ1) is 12.5. The van der Waals surface area contributed by atoms with Gasteiger partial charge in [-0.05, 0) is 36.6 Å². The van der Waals surface area contributed by atoms with Crippen LogP contribution in [0.15, 0.2) is 23.2 Å². The zero-order valence-electron chi connectivity index (χ0n) is 16.7. The van der Waals surface area contributed by atoms with Crippen molar-refractivity contribution in [1.82, 2.24) is 15.5 Å². The molecule has 2 rings (SSSR count). The van der Waals surface area contributed by atoms with Gasteiger partial charge in [-0.1, -0.05) is 26.8 Å². The molecule has 0 spiro atoms. The Morgan fingerprint density at radius 3 is 2.50 bits per heavy atom. The number of halogens is 1. The molecule has 1 heterocycles. The molecular weight excluding hydrogens is 329 g/mol. The number of nitrogens with zero attached hydrogens (tertiary/aromatic N) is 3. The molecule has 0 bridgehead atoms. The summed E-state index contributed by atoms with van der Waals surface area (Å²) in [6.45, 7) is 12.8. The molecule has 1 aromatic rings. The molecule has 0 radical (unpaired) electrons. The van der Waals surface area contributed by atoms with Crippen LogP contribution in [0.25, 0.3) is 0 Å². The van der Waals surface area contributed by atoms with E-state index in [0.29, 0.717) is 18.2 Å². The Morgan fingerprint density at radius 1 is 1.19 bits per heavy atom. The van der Waals surface area contributed by atoms with Crippen molar-refractivity contribution < 1.29 is 4.39 Å². The Labute approximate surface area is 157 Å². The van der Waals surface area contributed by atoms with Crippen LogP contribution >= 0.6 is 0 Å². The number of anilines is 1. The molecule has 1 aliphatic heterocycles. The monoisotopic (exact) mass is 363 g/mol. The summed E-state index contributed by atoms with van der Waals surface area (Å²) in [6.07, 6.45) is 1.09. The van der Waals surface area contributed by atoms with Gasteiger partial charge in [0.25, 0.3) is 0 Å². The Morgan fingerprint density at radius 2 is 1.92 bits per heavy atom. The fourth-order valence-electron chi connectivity index (χ4n) is 3.11. The van der Waals surface area contributed by atoms with Crippen LogP contribution in [0.4, 0.5) is 10.1 Å². The van der Waals surface area contributed by atoms with Crippen LogP contribution in [0, 0.1) is 11.7 Å². The maximum absolute atomic E-state index is 14.6. The van der Waals surface area contributed by atoms with Gasteiger partial charge in [0.15, 0.2) is 5.96 Å². The van der Waals surface area contributed by atoms with E-state index in [1.165, 1.54) is 0 Å². The third-order valence-electron chi connectivity index (χ3n) is 4.87. The number of likely N-dealkylation sites (N-methyl/N-ethyl adjacent to an activating group) is 1. The topological polar surface area (TPSA) is 42.9 Å². The number of hydrogen-bond donors (Lipinski definition) is 2. The quantitative estimate of drug-likeness (QED) is 0.577. The van der Waals surface area contributed by atoms with Gasteiger partial charge in [-0.2, -0.15) is 0 Å². The predicted molar refractivity (Wildman–Crippen MR) is 108 cm³/mol. The van der Waals surface area contributed by atoms with Crippen molar-refractivity contribution in [3.63, 3.8) is 0 Å². The summed E-state index contributed by atoms with van der Waals surface area (Å²) in [5.74, 6) is 1.27. The van der Waals surface area contributed by atoms with E-state index in [0.717, 1.165) is 57.2 Å². The van der Waals surface area contributed by atoms with E-state index in [1.54, 1.807) is 13.1 Å². The lowest BCUT2D eigenvalue weighted by atomic mass is 10.1. The van der Waals surface area contributed by atoms with Crippen molar-refractivity contribution in [3.05, 3.63) is 29.6 Å². The first-order valence-corrected chi connectivity index (χ1v) is 9.73. The average molecular weight is 364 g/mol. The molecule has 146 valence electrons. The minimum atomic E-state index is -0.142. The minimum Gasteiger partial charge on any atom is -0.367 e. The molecule has 0 saturated carbocycles. The fraction of sp³-hybridized carbons (Fsp3) is 0.650. The van der Waals surface area contributed by atoms with Crippen LogP contribution in [-0.4, -0.2) is 57.2 Å². The van der Waals surface area contributed by atoms with Gasteiger partial charge in [0, 0.05) is 46.3 Å². The minimum absolute atomic E-state index is 0.142. The zero-order chi connectivity index (χ0) is 18.9. The van der Waals surface area contributed by atoms with Gasteiger partial charge < -0.3 is 20.4 Å². The summed E-state index contributed by atoms with van der Waals surface area (Å²) < 4.78 is 14.6. The van der Waals surface area contributed by atoms with Crippen molar-refractivity contribution in [3.8, 4) is 0 Å². The first-order valence-electron chi connectivity index (χ1n) is 9.73. The molecule has 0 aliphatic carbocycles. The number of piperazine rings is 1. The van der Waals surface area contributed by atoms with Gasteiger partial charge in [0.05, 0.1) is 5.69 Å². The maximum atomic E-state index is 14.6. The Kier molecular flexibility index (Phi) is 8.16. The van der Waals surface area contributed by atoms with Gasteiger partial charge in [-0.15, -0.1) is 0 Å². The number of guanidine groups is 1. The lowest BCUT2D eigenvalue weighted by Crippen LogP contribution is -2.46. The summed E-state index contributed by atoms with van der Waals surface area (Å²) >= 11 is 0. The van der Waals surface area contributed by atoms with Crippen molar-refractivity contribution in [2.24, 2.45) is 10.9 Å². The second-order valence-corrected chi connectivity index (χ2v) is 7.24. The molecule has 2 N–H and O–H groups in total. The third-order valence-corrected chi connectivity index (χ3v) is 4.87. The van der Waals surface area contributed by atoms with E-state index in [1.807, 2.05) is 12.1 Å². The molecule has 1 aliphatic rings. The molecule has 0 aromatic heterocycles. The SMILES string of the molecule is CCN1CCN(c2ccc(CNC(=NC)NCCC(C)C)cc2F)CC1. The summed E-state index contributed by atoms with van der Waals surface area (Å²) in [4.78, 5) is 8.75. The number of aliphatic imine (C=N–C) groups is 1. The zero-order valence-corrected chi connectivity index (χ0v) is 16.7. The number of hydrogen-bond acceptors (Lipinski definition) is 3. The number of benzene rings is 1. The van der Waals surface area contributed by atoms with Crippen LogP contribution in [-0.2, 0) is 6.54 Å². The highest BCUT2D eigenvalue weighted by Crippen LogP contribution is 2.22. The first kappa shape index (κ1) is 20.5. The normalized spacial score (nSPS) is 16.2. The molecule has 6 heteroatoms. The van der Waals surface area contributed by atoms with E-state index in [2.05, 4.69) is 46.2 Å². The van der Waals surface area contributed by atoms with E-state index in [-0.39, 0.29) is 5.82 Å². The highest BCUT2D eigenvalue weighted by atomic mass is 19.1. The second kappa shape index (κ2) is 10.4. The van der Waals surface area contributed by atoms with Crippen LogP contribution in [0.2, 0.25) is 0 Å². The maximum Gasteiger partial charge on any atom is 0.191 e. The lowest BCUT2D eigenvalue weighted by Gasteiger charge is -2.35. The smallest absolute Gasteiger partial charge is 0.191 e. The van der Waals surface area contributed by atoms with Crippen molar-refractivity contribution >= 4 is 11.6 Å². The van der Waals surface area contributed by atoms with E-state index < -0.39 is 0 Å². The van der Waals surface area contributed by atoms with Crippen LogP contribution in [0.3, 0.4) is 0 Å². The lowest BCUT2D eigenvalue weighted by molar-refractivity contribution is 0.270. The summed E-state index contributed by atoms with van der Waals surface area (Å²) in [7, 11) is 1.75. The third kappa shape index (κ3) is 6.16. The van der Waals surface area contributed by atoms with Crippen molar-refractivity contribution in [1.29, 1.82) is 0 Å². The van der Waals surface area contributed by atoms with Gasteiger partial charge in [0.2, 0.25) is 0 Å². The number of nitrogens with one attached hydrogen (secondary N) is 2. The molecule has 1 fully saturated rings. The predicted octanol–water partition coefficient (Wildman–Crippen LogP) is 2.68. The highest BCUT2D eigenvalue weighted by molar-refractivity contribution is 5.79. The van der Waals surface area contributed by atoms with E-state index in [4.69, 9.17) is 0 Å². The molecule has 0 atom stereocenters. The van der Waals surface area contributed by atoms with Crippen LogP contribution in [0.5, 0.6) is 0 Å². The van der Waals surface area contributed by atoms with Gasteiger partial charge in [-0.3, -0.25) is 4.99 Å². The van der Waals surface area contributed by atoms with Crippen molar-refractivity contribution in [2.45, 2.75) is 33.7 Å². The summed E-state index contributed by atoms with van der Waals surface area (Å²) in [6, 6.07) is 5.54. The Balaban J connectivity index is 1.86. The summed E-state index contributed by atoms with van der Waals surface area (Å²) in [5, 5.41) is 6.54. The summed E-state index contributed by atoms with van der Waals surface area (Å²) in [5.41, 5.74) is 1.63.